The molecule has 0 atom stereocenters. The first-order valence-corrected chi connectivity index (χ1v) is 5.64. The molecule has 1 saturated heterocycles. The Morgan fingerprint density at radius 3 is 2.53 bits per heavy atom. The van der Waals surface area contributed by atoms with E-state index in [1.807, 2.05) is 0 Å². The van der Waals surface area contributed by atoms with Gasteiger partial charge in [0, 0.05) is 13.1 Å². The molecule has 2 rings (SSSR count). The lowest BCUT2D eigenvalue weighted by atomic mass is 9.98. The van der Waals surface area contributed by atoms with Crippen LogP contribution in [-0.2, 0) is 0 Å². The van der Waals surface area contributed by atoms with Crippen molar-refractivity contribution in [1.29, 1.82) is 0 Å². The zero-order chi connectivity index (χ0) is 10.8. The van der Waals surface area contributed by atoms with Crippen LogP contribution in [0.15, 0.2) is 18.2 Å². The first-order chi connectivity index (χ1) is 7.16. The van der Waals surface area contributed by atoms with Gasteiger partial charge in [-0.2, -0.15) is 0 Å². The molecule has 15 heavy (non-hydrogen) atoms. The Bertz CT molecular complexity index is 342. The molecule has 0 aliphatic carbocycles. The van der Waals surface area contributed by atoms with Crippen molar-refractivity contribution in [3.63, 3.8) is 0 Å². The normalized spacial score (nSPS) is 16.5. The smallest absolute Gasteiger partial charge is 0.123 e. The number of hydrogen-bond acceptors (Lipinski definition) is 2. The maximum absolute atomic E-state index is 5.80. The fourth-order valence-electron chi connectivity index (χ4n) is 1.91. The predicted octanol–water partition coefficient (Wildman–Crippen LogP) is 2.47. The first kappa shape index (κ1) is 10.5. The molecule has 1 aromatic carbocycles. The fraction of sp³-hybridized carbons (Fsp3) is 0.538. The standard InChI is InChI=1S/C13H19NO/c1-9(2)13-5-4-11(6-10(13)3)15-12-7-14-8-12/h4-6,9,12,14H,7-8H2,1-3H3. The van der Waals surface area contributed by atoms with Crippen molar-refractivity contribution in [3.8, 4) is 5.75 Å². The molecule has 2 heteroatoms. The Morgan fingerprint density at radius 2 is 2.07 bits per heavy atom. The maximum atomic E-state index is 5.80. The summed E-state index contributed by atoms with van der Waals surface area (Å²) in [7, 11) is 0. The number of aryl methyl sites for hydroxylation is 1. The van der Waals surface area contributed by atoms with Crippen LogP contribution in [0.5, 0.6) is 5.75 Å². The van der Waals surface area contributed by atoms with E-state index < -0.39 is 0 Å². The van der Waals surface area contributed by atoms with Crippen LogP contribution in [0.3, 0.4) is 0 Å². The largest absolute Gasteiger partial charge is 0.488 e. The number of ether oxygens (including phenoxy) is 1. The third kappa shape index (κ3) is 2.32. The fourth-order valence-corrected chi connectivity index (χ4v) is 1.91. The quantitative estimate of drug-likeness (QED) is 0.818. The van der Waals surface area contributed by atoms with E-state index in [0.717, 1.165) is 18.8 Å². The van der Waals surface area contributed by atoms with Gasteiger partial charge in [-0.15, -0.1) is 0 Å². The van der Waals surface area contributed by atoms with Crippen LogP contribution in [0, 0.1) is 6.92 Å². The van der Waals surface area contributed by atoms with Crippen molar-refractivity contribution in [2.45, 2.75) is 32.8 Å². The highest BCUT2D eigenvalue weighted by Crippen LogP contribution is 2.24. The Morgan fingerprint density at radius 1 is 1.33 bits per heavy atom. The van der Waals surface area contributed by atoms with E-state index in [4.69, 9.17) is 4.74 Å². The highest BCUT2D eigenvalue weighted by molar-refractivity contribution is 5.36. The third-order valence-electron chi connectivity index (χ3n) is 2.91. The van der Waals surface area contributed by atoms with Crippen LogP contribution < -0.4 is 10.1 Å². The Labute approximate surface area is 91.6 Å². The second kappa shape index (κ2) is 4.23. The molecular weight excluding hydrogens is 186 g/mol. The van der Waals surface area contributed by atoms with Crippen LogP contribution in [0.1, 0.15) is 30.9 Å². The second-order valence-electron chi connectivity index (χ2n) is 4.57. The lowest BCUT2D eigenvalue weighted by Crippen LogP contribution is -2.50. The van der Waals surface area contributed by atoms with Crippen molar-refractivity contribution < 1.29 is 4.74 Å². The van der Waals surface area contributed by atoms with E-state index in [0.29, 0.717) is 12.0 Å². The van der Waals surface area contributed by atoms with Gasteiger partial charge < -0.3 is 10.1 Å². The van der Waals surface area contributed by atoms with Crippen LogP contribution >= 0.6 is 0 Å². The lowest BCUT2D eigenvalue weighted by molar-refractivity contribution is 0.142. The summed E-state index contributed by atoms with van der Waals surface area (Å²) >= 11 is 0. The molecule has 0 unspecified atom stereocenters. The number of nitrogens with one attached hydrogen (secondary N) is 1. The molecule has 0 radical (unpaired) electrons. The van der Waals surface area contributed by atoms with Gasteiger partial charge in [-0.25, -0.2) is 0 Å². The predicted molar refractivity (Wildman–Crippen MR) is 62.6 cm³/mol. The monoisotopic (exact) mass is 205 g/mol. The molecule has 0 amide bonds. The zero-order valence-electron chi connectivity index (χ0n) is 9.71. The average Bonchev–Trinajstić information content (AvgIpc) is 2.11. The van der Waals surface area contributed by atoms with Crippen LogP contribution in [0.4, 0.5) is 0 Å². The second-order valence-corrected chi connectivity index (χ2v) is 4.57. The molecule has 1 aromatic rings. The van der Waals surface area contributed by atoms with Crippen molar-refractivity contribution in [2.75, 3.05) is 13.1 Å². The average molecular weight is 205 g/mol. The van der Waals surface area contributed by atoms with Crippen LogP contribution in [0.25, 0.3) is 0 Å². The summed E-state index contributed by atoms with van der Waals surface area (Å²) in [6.45, 7) is 8.55. The van der Waals surface area contributed by atoms with Gasteiger partial charge in [0.1, 0.15) is 11.9 Å². The zero-order valence-corrected chi connectivity index (χ0v) is 9.71. The molecule has 0 aromatic heterocycles. The Kier molecular flexibility index (Phi) is 2.96. The highest BCUT2D eigenvalue weighted by atomic mass is 16.5. The minimum absolute atomic E-state index is 0.370. The SMILES string of the molecule is Cc1cc(OC2CNC2)ccc1C(C)C. The topological polar surface area (TPSA) is 21.3 Å². The van der Waals surface area contributed by atoms with Crippen molar-refractivity contribution in [1.82, 2.24) is 5.32 Å². The van der Waals surface area contributed by atoms with Crippen LogP contribution in [0.2, 0.25) is 0 Å². The van der Waals surface area contributed by atoms with Gasteiger partial charge >= 0.3 is 0 Å². The molecule has 1 fully saturated rings. The molecule has 0 spiro atoms. The van der Waals surface area contributed by atoms with E-state index in [1.165, 1.54) is 11.1 Å². The van der Waals surface area contributed by atoms with Gasteiger partial charge in [0.15, 0.2) is 0 Å². The summed E-state index contributed by atoms with van der Waals surface area (Å²) in [4.78, 5) is 0. The summed E-state index contributed by atoms with van der Waals surface area (Å²) < 4.78 is 5.80. The van der Waals surface area contributed by atoms with Crippen molar-refractivity contribution in [2.24, 2.45) is 0 Å². The van der Waals surface area contributed by atoms with Crippen molar-refractivity contribution in [3.05, 3.63) is 29.3 Å². The minimum Gasteiger partial charge on any atom is -0.488 e. The van der Waals surface area contributed by atoms with Gasteiger partial charge in [-0.3, -0.25) is 0 Å². The summed E-state index contributed by atoms with van der Waals surface area (Å²) in [6.07, 6.45) is 0.370. The van der Waals surface area contributed by atoms with Gasteiger partial charge in [-0.1, -0.05) is 19.9 Å². The number of benzene rings is 1. The number of rotatable bonds is 3. The summed E-state index contributed by atoms with van der Waals surface area (Å²) in [5.41, 5.74) is 2.74. The molecule has 0 saturated carbocycles. The van der Waals surface area contributed by atoms with Gasteiger partial charge in [0.25, 0.3) is 0 Å². The van der Waals surface area contributed by atoms with E-state index in [1.54, 1.807) is 0 Å². The summed E-state index contributed by atoms with van der Waals surface area (Å²) in [5, 5.41) is 3.20. The summed E-state index contributed by atoms with van der Waals surface area (Å²) in [5.74, 6) is 1.59. The van der Waals surface area contributed by atoms with E-state index in [-0.39, 0.29) is 0 Å². The van der Waals surface area contributed by atoms with Gasteiger partial charge in [-0.05, 0) is 36.1 Å². The summed E-state index contributed by atoms with van der Waals surface area (Å²) in [6, 6.07) is 6.41. The van der Waals surface area contributed by atoms with Gasteiger partial charge in [0.05, 0.1) is 0 Å². The number of hydrogen-bond donors (Lipinski definition) is 1. The lowest BCUT2D eigenvalue weighted by Gasteiger charge is -2.28. The van der Waals surface area contributed by atoms with E-state index in [2.05, 4.69) is 44.3 Å². The highest BCUT2D eigenvalue weighted by Gasteiger charge is 2.18. The molecule has 0 bridgehead atoms. The van der Waals surface area contributed by atoms with Crippen molar-refractivity contribution >= 4 is 0 Å². The Hall–Kier alpha value is -1.02. The van der Waals surface area contributed by atoms with Gasteiger partial charge in [0.2, 0.25) is 0 Å². The molecule has 1 aliphatic rings. The molecule has 1 aliphatic heterocycles. The van der Waals surface area contributed by atoms with E-state index >= 15 is 0 Å². The molecule has 1 N–H and O–H groups in total. The Balaban J connectivity index is 2.10. The first-order valence-electron chi connectivity index (χ1n) is 5.64. The molecule has 82 valence electrons. The maximum Gasteiger partial charge on any atom is 0.123 e. The molecule has 1 heterocycles. The molecular formula is C13H19NO. The van der Waals surface area contributed by atoms with Crippen LogP contribution in [-0.4, -0.2) is 19.2 Å². The molecule has 2 nitrogen and oxygen atoms in total. The van der Waals surface area contributed by atoms with E-state index in [9.17, 15) is 0 Å². The third-order valence-corrected chi connectivity index (χ3v) is 2.91. The minimum atomic E-state index is 0.370.